The molecule has 0 bridgehead atoms. The number of ether oxygens (including phenoxy) is 1. The molecular weight excluding hydrogens is 254 g/mol. The first-order valence-electron chi connectivity index (χ1n) is 7.39. The maximum atomic E-state index is 8.77. The third-order valence-corrected chi connectivity index (χ3v) is 2.56. The predicted molar refractivity (Wildman–Crippen MR) is 84.4 cm³/mol. The van der Waals surface area contributed by atoms with Gasteiger partial charge in [-0.3, -0.25) is 0 Å². The lowest BCUT2D eigenvalue weighted by molar-refractivity contribution is -0.937. The summed E-state index contributed by atoms with van der Waals surface area (Å²) >= 11 is 0. The van der Waals surface area contributed by atoms with Gasteiger partial charge < -0.3 is 23.3 Å². The highest BCUT2D eigenvalue weighted by Crippen LogP contribution is 2.12. The summed E-state index contributed by atoms with van der Waals surface area (Å²) in [5, 5.41) is 8.77. The van der Waals surface area contributed by atoms with E-state index in [1.54, 1.807) is 0 Å². The van der Waals surface area contributed by atoms with Crippen LogP contribution >= 0.6 is 0 Å². The van der Waals surface area contributed by atoms with Crippen LogP contribution in [0.1, 0.15) is 0 Å². The molecule has 0 amide bonds. The SMILES string of the molecule is C[N+](C)(C)C.C[N+](C)(C)CC1CO1.C[N+]1(C)CC(O)C1. The van der Waals surface area contributed by atoms with Gasteiger partial charge in [-0.2, -0.15) is 0 Å². The van der Waals surface area contributed by atoms with E-state index in [2.05, 4.69) is 63.4 Å². The Morgan fingerprint density at radius 1 is 1.00 bits per heavy atom. The molecule has 2 aliphatic heterocycles. The summed E-state index contributed by atoms with van der Waals surface area (Å²) in [6, 6.07) is 0. The fourth-order valence-electron chi connectivity index (χ4n) is 1.87. The molecule has 0 aliphatic carbocycles. The molecule has 2 heterocycles. The topological polar surface area (TPSA) is 32.8 Å². The smallest absolute Gasteiger partial charge is 0.152 e. The first-order valence-corrected chi connectivity index (χ1v) is 7.39. The van der Waals surface area contributed by atoms with E-state index < -0.39 is 0 Å². The van der Waals surface area contributed by atoms with Crippen LogP contribution in [0.2, 0.25) is 0 Å². The van der Waals surface area contributed by atoms with Crippen LogP contribution < -0.4 is 0 Å². The first-order chi connectivity index (χ1) is 8.68. The number of aliphatic hydroxyl groups excluding tert-OH is 1. The Morgan fingerprint density at radius 2 is 1.35 bits per heavy atom. The lowest BCUT2D eigenvalue weighted by Crippen LogP contribution is -2.61. The molecule has 2 saturated heterocycles. The Labute approximate surface area is 126 Å². The number of likely N-dealkylation sites (N-methyl/N-ethyl adjacent to an activating group) is 2. The number of likely N-dealkylation sites (tertiary alicyclic amines) is 1. The molecular formula is C15H38N3O2+3. The third kappa shape index (κ3) is 15.9. The van der Waals surface area contributed by atoms with Crippen LogP contribution in [0.5, 0.6) is 0 Å². The molecule has 0 saturated carbocycles. The van der Waals surface area contributed by atoms with Gasteiger partial charge in [0.1, 0.15) is 25.7 Å². The molecule has 0 aromatic rings. The van der Waals surface area contributed by atoms with Crippen molar-refractivity contribution in [1.82, 2.24) is 0 Å². The summed E-state index contributed by atoms with van der Waals surface area (Å²) in [5.74, 6) is 0. The summed E-state index contributed by atoms with van der Waals surface area (Å²) in [7, 11) is 19.3. The molecule has 2 aliphatic rings. The van der Waals surface area contributed by atoms with Crippen molar-refractivity contribution >= 4 is 0 Å². The second-order valence-corrected chi connectivity index (χ2v) is 9.07. The van der Waals surface area contributed by atoms with Crippen molar-refractivity contribution in [3.63, 3.8) is 0 Å². The minimum absolute atomic E-state index is 0.0185. The zero-order valence-electron chi connectivity index (χ0n) is 15.2. The van der Waals surface area contributed by atoms with Gasteiger partial charge in [-0.25, -0.2) is 0 Å². The van der Waals surface area contributed by atoms with Crippen LogP contribution in [0.25, 0.3) is 0 Å². The van der Waals surface area contributed by atoms with Crippen LogP contribution in [0.3, 0.4) is 0 Å². The molecule has 1 unspecified atom stereocenters. The molecule has 20 heavy (non-hydrogen) atoms. The number of nitrogens with zero attached hydrogens (tertiary/aromatic N) is 3. The van der Waals surface area contributed by atoms with Gasteiger partial charge in [0, 0.05) is 0 Å². The van der Waals surface area contributed by atoms with E-state index in [4.69, 9.17) is 9.84 Å². The van der Waals surface area contributed by atoms with Crippen LogP contribution in [0.15, 0.2) is 0 Å². The van der Waals surface area contributed by atoms with Gasteiger partial charge in [-0.15, -0.1) is 0 Å². The highest BCUT2D eigenvalue weighted by molar-refractivity contribution is 4.66. The lowest BCUT2D eigenvalue weighted by Gasteiger charge is -2.41. The molecule has 2 rings (SSSR count). The molecule has 0 radical (unpaired) electrons. The van der Waals surface area contributed by atoms with Crippen LogP contribution in [0.4, 0.5) is 0 Å². The van der Waals surface area contributed by atoms with Crippen molar-refractivity contribution in [1.29, 1.82) is 0 Å². The molecule has 122 valence electrons. The summed E-state index contributed by atoms with van der Waals surface area (Å²) in [4.78, 5) is 0. The standard InChI is InChI=1S/C6H14NO.C5H12NO.C4H12N/c1-7(2,3)4-6-5-8-6;1-6(2)3-5(7)4-6;1-5(2,3)4/h6H,4-5H2,1-3H3;5,7H,3-4H2,1-2H3;1-4H3/q3*+1. The average Bonchev–Trinajstić information content (AvgIpc) is 2.78. The average molecular weight is 292 g/mol. The largest absolute Gasteiger partial charge is 0.382 e. The third-order valence-electron chi connectivity index (χ3n) is 2.56. The van der Waals surface area contributed by atoms with Gasteiger partial charge >= 0.3 is 0 Å². The van der Waals surface area contributed by atoms with Crippen molar-refractivity contribution in [2.75, 3.05) is 89.7 Å². The van der Waals surface area contributed by atoms with Crippen LogP contribution in [0, 0.1) is 0 Å². The summed E-state index contributed by atoms with van der Waals surface area (Å²) in [6.45, 7) is 4.00. The maximum Gasteiger partial charge on any atom is 0.152 e. The lowest BCUT2D eigenvalue weighted by atomic mass is 10.1. The number of hydrogen-bond acceptors (Lipinski definition) is 2. The molecule has 1 atom stereocenters. The van der Waals surface area contributed by atoms with Gasteiger partial charge in [0.15, 0.2) is 6.10 Å². The maximum absolute atomic E-state index is 8.77. The van der Waals surface area contributed by atoms with Crippen molar-refractivity contribution < 1.29 is 23.3 Å². The van der Waals surface area contributed by atoms with Crippen LogP contribution in [-0.4, -0.2) is 120 Å². The number of quaternary nitrogens is 3. The molecule has 5 heteroatoms. The molecule has 0 aromatic carbocycles. The van der Waals surface area contributed by atoms with Gasteiger partial charge in [0.05, 0.1) is 70.0 Å². The number of aliphatic hydroxyl groups is 1. The Morgan fingerprint density at radius 3 is 1.40 bits per heavy atom. The summed E-state index contributed by atoms with van der Waals surface area (Å²) in [5.41, 5.74) is 0. The second kappa shape index (κ2) is 7.18. The monoisotopic (exact) mass is 292 g/mol. The molecule has 2 fully saturated rings. The van der Waals surface area contributed by atoms with Gasteiger partial charge in [0.2, 0.25) is 0 Å². The van der Waals surface area contributed by atoms with E-state index in [-0.39, 0.29) is 6.10 Å². The van der Waals surface area contributed by atoms with Crippen molar-refractivity contribution in [2.24, 2.45) is 0 Å². The fraction of sp³-hybridized carbons (Fsp3) is 1.00. The van der Waals surface area contributed by atoms with Crippen molar-refractivity contribution in [3.8, 4) is 0 Å². The molecule has 5 nitrogen and oxygen atoms in total. The zero-order chi connectivity index (χ0) is 16.2. The Kier molecular flexibility index (Phi) is 7.11. The Hall–Kier alpha value is -0.200. The number of rotatable bonds is 2. The van der Waals surface area contributed by atoms with E-state index in [0.29, 0.717) is 6.10 Å². The quantitative estimate of drug-likeness (QED) is 0.567. The van der Waals surface area contributed by atoms with Crippen molar-refractivity contribution in [2.45, 2.75) is 12.2 Å². The predicted octanol–water partition coefficient (Wildman–Crippen LogP) is -0.149. The molecule has 0 spiro atoms. The van der Waals surface area contributed by atoms with Gasteiger partial charge in [-0.05, 0) is 0 Å². The number of hydrogen-bond donors (Lipinski definition) is 1. The summed E-state index contributed by atoms with van der Waals surface area (Å²) < 4.78 is 8.07. The van der Waals surface area contributed by atoms with Crippen LogP contribution in [-0.2, 0) is 4.74 Å². The highest BCUT2D eigenvalue weighted by Gasteiger charge is 2.34. The second-order valence-electron chi connectivity index (χ2n) is 9.07. The normalized spacial score (nSPS) is 24.6. The molecule has 0 aromatic heterocycles. The van der Waals surface area contributed by atoms with E-state index in [0.717, 1.165) is 39.7 Å². The molecule has 1 N–H and O–H groups in total. The van der Waals surface area contributed by atoms with E-state index in [9.17, 15) is 0 Å². The Bertz CT molecular complexity index is 262. The highest BCUT2D eigenvalue weighted by atomic mass is 16.6. The first kappa shape index (κ1) is 19.8. The minimum Gasteiger partial charge on any atom is -0.382 e. The van der Waals surface area contributed by atoms with E-state index in [1.165, 1.54) is 0 Å². The van der Waals surface area contributed by atoms with E-state index in [1.807, 2.05) is 0 Å². The Balaban J connectivity index is 0.000000280. The van der Waals surface area contributed by atoms with Gasteiger partial charge in [-0.1, -0.05) is 0 Å². The van der Waals surface area contributed by atoms with Gasteiger partial charge in [0.25, 0.3) is 0 Å². The van der Waals surface area contributed by atoms with E-state index >= 15 is 0 Å². The van der Waals surface area contributed by atoms with Crippen molar-refractivity contribution in [3.05, 3.63) is 0 Å². The minimum atomic E-state index is -0.0185. The number of epoxide rings is 1. The fourth-order valence-corrected chi connectivity index (χ4v) is 1.87. The zero-order valence-corrected chi connectivity index (χ0v) is 15.2. The summed E-state index contributed by atoms with van der Waals surface area (Å²) in [6.07, 6.45) is 0.546.